The molecule has 1 rings (SSSR count). The largest absolute Gasteiger partial charge is 0.494 e. The minimum Gasteiger partial charge on any atom is -0.494 e. The minimum absolute atomic E-state index is 0.803. The van der Waals surface area contributed by atoms with Crippen molar-refractivity contribution >= 4 is 31.9 Å². The number of alkyl halides is 2. The highest BCUT2D eigenvalue weighted by Gasteiger charge is 1.95. The van der Waals surface area contributed by atoms with Crippen LogP contribution in [0.1, 0.15) is 18.4 Å². The fourth-order valence-corrected chi connectivity index (χ4v) is 1.85. The molecule has 0 amide bonds. The molecule has 0 aliphatic rings. The van der Waals surface area contributed by atoms with E-state index >= 15 is 0 Å². The van der Waals surface area contributed by atoms with Crippen LogP contribution in [0.25, 0.3) is 0 Å². The van der Waals surface area contributed by atoms with Gasteiger partial charge < -0.3 is 4.74 Å². The highest BCUT2D eigenvalue weighted by atomic mass is 79.9. The summed E-state index contributed by atoms with van der Waals surface area (Å²) in [4.78, 5) is 0. The summed E-state index contributed by atoms with van der Waals surface area (Å²) in [6.07, 6.45) is 2.27. The predicted molar refractivity (Wildman–Crippen MR) is 67.6 cm³/mol. The van der Waals surface area contributed by atoms with Gasteiger partial charge in [0, 0.05) is 10.7 Å². The van der Waals surface area contributed by atoms with Crippen molar-refractivity contribution in [1.82, 2.24) is 0 Å². The Morgan fingerprint density at radius 2 is 2.00 bits per heavy atom. The van der Waals surface area contributed by atoms with E-state index in [-0.39, 0.29) is 0 Å². The van der Waals surface area contributed by atoms with E-state index in [1.165, 1.54) is 5.56 Å². The number of ether oxygens (including phenoxy) is 1. The lowest BCUT2D eigenvalue weighted by molar-refractivity contribution is 0.310. The average Bonchev–Trinajstić information content (AvgIpc) is 2.25. The molecule has 0 saturated heterocycles. The van der Waals surface area contributed by atoms with Crippen LogP contribution < -0.4 is 4.74 Å². The minimum atomic E-state index is 0.803. The number of unbranched alkanes of at least 4 members (excludes halogenated alkanes) is 1. The standard InChI is InChI=1S/C11H14Br2O/c12-6-1-2-7-14-11-5-3-4-10(8-11)9-13/h3-5,8H,1-2,6-7,9H2. The maximum absolute atomic E-state index is 5.61. The number of hydrogen-bond acceptors (Lipinski definition) is 1. The summed E-state index contributed by atoms with van der Waals surface area (Å²) in [6, 6.07) is 8.18. The van der Waals surface area contributed by atoms with Crippen molar-refractivity contribution in [3.05, 3.63) is 29.8 Å². The number of halogens is 2. The zero-order chi connectivity index (χ0) is 10.2. The summed E-state index contributed by atoms with van der Waals surface area (Å²) in [7, 11) is 0. The normalized spacial score (nSPS) is 10.1. The molecule has 78 valence electrons. The Morgan fingerprint density at radius 1 is 1.14 bits per heavy atom. The summed E-state index contributed by atoms with van der Waals surface area (Å²) >= 11 is 6.82. The van der Waals surface area contributed by atoms with E-state index < -0.39 is 0 Å². The van der Waals surface area contributed by atoms with E-state index in [1.54, 1.807) is 0 Å². The van der Waals surface area contributed by atoms with Crippen LogP contribution in [-0.2, 0) is 5.33 Å². The second-order valence-corrected chi connectivity index (χ2v) is 4.38. The van der Waals surface area contributed by atoms with Crippen LogP contribution in [0.5, 0.6) is 5.75 Å². The van der Waals surface area contributed by atoms with Gasteiger partial charge in [-0.3, -0.25) is 0 Å². The highest BCUT2D eigenvalue weighted by molar-refractivity contribution is 9.09. The molecule has 0 radical (unpaired) electrons. The van der Waals surface area contributed by atoms with Crippen LogP contribution in [0.3, 0.4) is 0 Å². The molecule has 14 heavy (non-hydrogen) atoms. The monoisotopic (exact) mass is 320 g/mol. The Morgan fingerprint density at radius 3 is 2.71 bits per heavy atom. The Kier molecular flexibility index (Phi) is 6.28. The molecule has 0 aromatic heterocycles. The van der Waals surface area contributed by atoms with Gasteiger partial charge in [-0.05, 0) is 30.5 Å². The Hall–Kier alpha value is -0.0200. The Balaban J connectivity index is 2.34. The number of hydrogen-bond donors (Lipinski definition) is 0. The lowest BCUT2D eigenvalue weighted by Crippen LogP contribution is -1.97. The topological polar surface area (TPSA) is 9.23 Å². The van der Waals surface area contributed by atoms with Gasteiger partial charge in [0.2, 0.25) is 0 Å². The molecule has 0 fully saturated rings. The van der Waals surface area contributed by atoms with Gasteiger partial charge in [0.1, 0.15) is 5.75 Å². The zero-order valence-electron chi connectivity index (χ0n) is 8.01. The predicted octanol–water partition coefficient (Wildman–Crippen LogP) is 4.14. The summed E-state index contributed by atoms with van der Waals surface area (Å²) in [5.74, 6) is 0.969. The van der Waals surface area contributed by atoms with Crippen LogP contribution in [-0.4, -0.2) is 11.9 Å². The van der Waals surface area contributed by atoms with Crippen molar-refractivity contribution in [2.24, 2.45) is 0 Å². The van der Waals surface area contributed by atoms with E-state index in [0.717, 1.165) is 35.9 Å². The first-order valence-corrected chi connectivity index (χ1v) is 6.95. The summed E-state index contributed by atoms with van der Waals surface area (Å²) in [6.45, 7) is 0.803. The molecule has 0 bridgehead atoms. The van der Waals surface area contributed by atoms with Crippen molar-refractivity contribution in [3.8, 4) is 5.75 Å². The summed E-state index contributed by atoms with van der Waals surface area (Å²) in [5, 5.41) is 1.93. The van der Waals surface area contributed by atoms with Crippen molar-refractivity contribution in [2.75, 3.05) is 11.9 Å². The van der Waals surface area contributed by atoms with E-state index in [4.69, 9.17) is 4.74 Å². The van der Waals surface area contributed by atoms with Gasteiger partial charge in [-0.1, -0.05) is 44.0 Å². The molecule has 0 N–H and O–H groups in total. The van der Waals surface area contributed by atoms with Crippen LogP contribution >= 0.6 is 31.9 Å². The fourth-order valence-electron chi connectivity index (χ4n) is 1.10. The molecule has 0 heterocycles. The maximum Gasteiger partial charge on any atom is 0.119 e. The molecular formula is C11H14Br2O. The first kappa shape index (κ1) is 12.1. The van der Waals surface area contributed by atoms with Gasteiger partial charge >= 0.3 is 0 Å². The quantitative estimate of drug-likeness (QED) is 0.565. The molecule has 0 saturated carbocycles. The first-order chi connectivity index (χ1) is 6.86. The van der Waals surface area contributed by atoms with Gasteiger partial charge in [0.15, 0.2) is 0 Å². The second kappa shape index (κ2) is 7.30. The molecule has 0 aliphatic heterocycles. The average molecular weight is 322 g/mol. The van der Waals surface area contributed by atoms with Crippen LogP contribution in [0.15, 0.2) is 24.3 Å². The molecule has 0 spiro atoms. The molecule has 0 aliphatic carbocycles. The maximum atomic E-state index is 5.61. The second-order valence-electron chi connectivity index (χ2n) is 3.03. The molecule has 0 unspecified atom stereocenters. The molecule has 0 atom stereocenters. The van der Waals surface area contributed by atoms with E-state index in [2.05, 4.69) is 44.0 Å². The summed E-state index contributed by atoms with van der Waals surface area (Å²) < 4.78 is 5.61. The molecule has 3 heteroatoms. The van der Waals surface area contributed by atoms with Gasteiger partial charge in [-0.2, -0.15) is 0 Å². The van der Waals surface area contributed by atoms with Gasteiger partial charge in [0.25, 0.3) is 0 Å². The van der Waals surface area contributed by atoms with Crippen molar-refractivity contribution in [2.45, 2.75) is 18.2 Å². The van der Waals surface area contributed by atoms with Gasteiger partial charge in [0.05, 0.1) is 6.61 Å². The molecular weight excluding hydrogens is 308 g/mol. The van der Waals surface area contributed by atoms with Crippen LogP contribution in [0.4, 0.5) is 0 Å². The van der Waals surface area contributed by atoms with E-state index in [9.17, 15) is 0 Å². The van der Waals surface area contributed by atoms with E-state index in [1.807, 2.05) is 12.1 Å². The van der Waals surface area contributed by atoms with E-state index in [0.29, 0.717) is 0 Å². The third-order valence-electron chi connectivity index (χ3n) is 1.85. The van der Waals surface area contributed by atoms with Crippen molar-refractivity contribution in [1.29, 1.82) is 0 Å². The number of rotatable bonds is 6. The zero-order valence-corrected chi connectivity index (χ0v) is 11.2. The first-order valence-electron chi connectivity index (χ1n) is 4.70. The Bertz CT molecular complexity index is 263. The SMILES string of the molecule is BrCCCCOc1cccc(CBr)c1. The fraction of sp³-hybridized carbons (Fsp3) is 0.455. The number of benzene rings is 1. The van der Waals surface area contributed by atoms with Crippen LogP contribution in [0, 0.1) is 0 Å². The smallest absolute Gasteiger partial charge is 0.119 e. The molecule has 1 aromatic rings. The third-order valence-corrected chi connectivity index (χ3v) is 3.06. The van der Waals surface area contributed by atoms with Crippen molar-refractivity contribution < 1.29 is 4.74 Å². The van der Waals surface area contributed by atoms with Crippen LogP contribution in [0.2, 0.25) is 0 Å². The molecule has 1 nitrogen and oxygen atoms in total. The Labute approximate surface area is 102 Å². The highest BCUT2D eigenvalue weighted by Crippen LogP contribution is 2.15. The summed E-state index contributed by atoms with van der Waals surface area (Å²) in [5.41, 5.74) is 1.25. The lowest BCUT2D eigenvalue weighted by Gasteiger charge is -2.06. The third kappa shape index (κ3) is 4.47. The van der Waals surface area contributed by atoms with Gasteiger partial charge in [-0.15, -0.1) is 0 Å². The van der Waals surface area contributed by atoms with Gasteiger partial charge in [-0.25, -0.2) is 0 Å². The lowest BCUT2D eigenvalue weighted by atomic mass is 10.2. The van der Waals surface area contributed by atoms with Crippen molar-refractivity contribution in [3.63, 3.8) is 0 Å². The molecule has 1 aromatic carbocycles.